The maximum atomic E-state index is 5.92. The van der Waals surface area contributed by atoms with Crippen LogP contribution in [-0.2, 0) is 4.74 Å². The summed E-state index contributed by atoms with van der Waals surface area (Å²) in [5.41, 5.74) is 1.34. The van der Waals surface area contributed by atoms with Gasteiger partial charge in [0, 0.05) is 31.7 Å². The van der Waals surface area contributed by atoms with Crippen LogP contribution < -0.4 is 5.32 Å². The Hall–Kier alpha value is -0.900. The molecule has 1 aliphatic heterocycles. The minimum absolute atomic E-state index is 0.0551. The molecule has 3 heteroatoms. The van der Waals surface area contributed by atoms with Gasteiger partial charge in [-0.15, -0.1) is 0 Å². The normalized spacial score (nSPS) is 24.2. The maximum absolute atomic E-state index is 5.92. The molecule has 0 aromatic heterocycles. The second kappa shape index (κ2) is 7.39. The average molecular weight is 290 g/mol. The first-order valence-electron chi connectivity index (χ1n) is 8.16. The van der Waals surface area contributed by atoms with E-state index in [4.69, 9.17) is 4.74 Å². The molecule has 0 saturated carbocycles. The lowest BCUT2D eigenvalue weighted by Crippen LogP contribution is -2.52. The Balaban J connectivity index is 2.00. The zero-order valence-electron chi connectivity index (χ0n) is 13.9. The average Bonchev–Trinajstić information content (AvgIpc) is 2.46. The third-order valence-electron chi connectivity index (χ3n) is 4.09. The van der Waals surface area contributed by atoms with E-state index in [9.17, 15) is 0 Å². The first kappa shape index (κ1) is 16.5. The van der Waals surface area contributed by atoms with Gasteiger partial charge in [-0.25, -0.2) is 0 Å². The zero-order valence-corrected chi connectivity index (χ0v) is 13.9. The summed E-state index contributed by atoms with van der Waals surface area (Å²) < 4.78 is 5.92. The van der Waals surface area contributed by atoms with Crippen LogP contribution in [0.1, 0.15) is 45.7 Å². The first-order chi connectivity index (χ1) is 9.99. The van der Waals surface area contributed by atoms with Crippen molar-refractivity contribution in [3.63, 3.8) is 0 Å². The third kappa shape index (κ3) is 5.10. The number of nitrogens with zero attached hydrogens (tertiary/aromatic N) is 1. The predicted octanol–water partition coefficient (Wildman–Crippen LogP) is 3.23. The fraction of sp³-hybridized carbons (Fsp3) is 0.667. The van der Waals surface area contributed by atoms with Gasteiger partial charge in [-0.3, -0.25) is 4.90 Å². The smallest absolute Gasteiger partial charge is 0.0600 e. The van der Waals surface area contributed by atoms with Gasteiger partial charge in [-0.1, -0.05) is 37.3 Å². The van der Waals surface area contributed by atoms with Gasteiger partial charge in [-0.05, 0) is 32.8 Å². The molecule has 1 aliphatic rings. The Kier molecular flexibility index (Phi) is 5.80. The van der Waals surface area contributed by atoms with Crippen molar-refractivity contribution in [2.45, 2.75) is 51.8 Å². The van der Waals surface area contributed by atoms with Crippen molar-refractivity contribution >= 4 is 0 Å². The van der Waals surface area contributed by atoms with Crippen molar-refractivity contribution in [1.82, 2.24) is 10.2 Å². The minimum Gasteiger partial charge on any atom is -0.375 e. The largest absolute Gasteiger partial charge is 0.375 e. The highest BCUT2D eigenvalue weighted by Gasteiger charge is 2.28. The molecular weight excluding hydrogens is 260 g/mol. The molecule has 0 radical (unpaired) electrons. The number of nitrogens with one attached hydrogen (secondary N) is 1. The van der Waals surface area contributed by atoms with E-state index in [1.165, 1.54) is 12.0 Å². The monoisotopic (exact) mass is 290 g/mol. The standard InChI is InChI=1S/C18H30N2O/c1-5-16-14-20(11-12-21-18(2,3)4)17(13-19-16)15-9-7-6-8-10-15/h6-10,16-17,19H,5,11-14H2,1-4H3. The highest BCUT2D eigenvalue weighted by atomic mass is 16.5. The van der Waals surface area contributed by atoms with Crippen molar-refractivity contribution in [1.29, 1.82) is 0 Å². The lowest BCUT2D eigenvalue weighted by atomic mass is 10.00. The van der Waals surface area contributed by atoms with Gasteiger partial charge in [0.15, 0.2) is 0 Å². The number of ether oxygens (including phenoxy) is 1. The molecule has 0 amide bonds. The summed E-state index contributed by atoms with van der Waals surface area (Å²) in [7, 11) is 0. The van der Waals surface area contributed by atoms with Gasteiger partial charge in [-0.2, -0.15) is 0 Å². The van der Waals surface area contributed by atoms with Crippen LogP contribution in [0.25, 0.3) is 0 Å². The Bertz CT molecular complexity index is 413. The van der Waals surface area contributed by atoms with Crippen molar-refractivity contribution in [3.05, 3.63) is 35.9 Å². The molecule has 1 aromatic rings. The highest BCUT2D eigenvalue weighted by Crippen LogP contribution is 2.24. The summed E-state index contributed by atoms with van der Waals surface area (Å²) in [6.45, 7) is 12.5. The third-order valence-corrected chi connectivity index (χ3v) is 4.09. The van der Waals surface area contributed by atoms with Gasteiger partial charge < -0.3 is 10.1 Å². The van der Waals surface area contributed by atoms with Gasteiger partial charge in [0.05, 0.1) is 12.2 Å². The lowest BCUT2D eigenvalue weighted by molar-refractivity contribution is -0.0225. The Labute approximate surface area is 129 Å². The second-order valence-electron chi connectivity index (χ2n) is 6.90. The number of piperazine rings is 1. The molecule has 118 valence electrons. The van der Waals surface area contributed by atoms with E-state index in [0.717, 1.165) is 26.2 Å². The van der Waals surface area contributed by atoms with Crippen molar-refractivity contribution in [2.24, 2.45) is 0 Å². The number of hydrogen-bond donors (Lipinski definition) is 1. The lowest BCUT2D eigenvalue weighted by Gasteiger charge is -2.41. The Morgan fingerprint density at radius 1 is 1.24 bits per heavy atom. The van der Waals surface area contributed by atoms with E-state index < -0.39 is 0 Å². The maximum Gasteiger partial charge on any atom is 0.0600 e. The summed E-state index contributed by atoms with van der Waals surface area (Å²) in [4.78, 5) is 2.58. The van der Waals surface area contributed by atoms with Crippen LogP contribution in [0, 0.1) is 0 Å². The zero-order chi connectivity index (χ0) is 15.3. The molecular formula is C18H30N2O. The molecule has 1 fully saturated rings. The van der Waals surface area contributed by atoms with Crippen molar-refractivity contribution < 1.29 is 4.74 Å². The van der Waals surface area contributed by atoms with Crippen LogP contribution >= 0.6 is 0 Å². The predicted molar refractivity (Wildman–Crippen MR) is 88.5 cm³/mol. The molecule has 21 heavy (non-hydrogen) atoms. The summed E-state index contributed by atoms with van der Waals surface area (Å²) >= 11 is 0. The Morgan fingerprint density at radius 2 is 1.95 bits per heavy atom. The topological polar surface area (TPSA) is 24.5 Å². The van der Waals surface area contributed by atoms with E-state index in [-0.39, 0.29) is 5.60 Å². The second-order valence-corrected chi connectivity index (χ2v) is 6.90. The summed E-state index contributed by atoms with van der Waals surface area (Å²) in [5.74, 6) is 0. The molecule has 2 rings (SSSR count). The van der Waals surface area contributed by atoms with Crippen molar-refractivity contribution in [3.8, 4) is 0 Å². The van der Waals surface area contributed by atoms with Gasteiger partial charge in [0.1, 0.15) is 0 Å². The summed E-state index contributed by atoms with van der Waals surface area (Å²) in [5, 5.41) is 3.67. The van der Waals surface area contributed by atoms with Crippen LogP contribution in [0.15, 0.2) is 30.3 Å². The number of benzene rings is 1. The van der Waals surface area contributed by atoms with Crippen LogP contribution in [-0.4, -0.2) is 42.8 Å². The molecule has 0 bridgehead atoms. The minimum atomic E-state index is -0.0551. The summed E-state index contributed by atoms with van der Waals surface area (Å²) in [6, 6.07) is 11.9. The van der Waals surface area contributed by atoms with E-state index >= 15 is 0 Å². The SMILES string of the molecule is CCC1CN(CCOC(C)(C)C)C(c2ccccc2)CN1. The fourth-order valence-corrected chi connectivity index (χ4v) is 2.88. The fourth-order valence-electron chi connectivity index (χ4n) is 2.88. The molecule has 2 atom stereocenters. The van der Waals surface area contributed by atoms with E-state index in [1.54, 1.807) is 0 Å². The molecule has 1 heterocycles. The van der Waals surface area contributed by atoms with E-state index in [1.807, 2.05) is 0 Å². The molecule has 2 unspecified atom stereocenters. The first-order valence-corrected chi connectivity index (χ1v) is 8.16. The van der Waals surface area contributed by atoms with Crippen molar-refractivity contribution in [2.75, 3.05) is 26.2 Å². The van der Waals surface area contributed by atoms with Gasteiger partial charge >= 0.3 is 0 Å². The molecule has 0 spiro atoms. The molecule has 1 saturated heterocycles. The summed E-state index contributed by atoms with van der Waals surface area (Å²) in [6.07, 6.45) is 1.18. The van der Waals surface area contributed by atoms with E-state index in [0.29, 0.717) is 12.1 Å². The highest BCUT2D eigenvalue weighted by molar-refractivity contribution is 5.20. The van der Waals surface area contributed by atoms with Gasteiger partial charge in [0.25, 0.3) is 0 Å². The van der Waals surface area contributed by atoms with Crippen LogP contribution in [0.2, 0.25) is 0 Å². The molecule has 1 aromatic carbocycles. The van der Waals surface area contributed by atoms with Crippen LogP contribution in [0.4, 0.5) is 0 Å². The van der Waals surface area contributed by atoms with Crippen LogP contribution in [0.5, 0.6) is 0 Å². The number of rotatable bonds is 5. The number of hydrogen-bond acceptors (Lipinski definition) is 3. The quantitative estimate of drug-likeness (QED) is 0.901. The van der Waals surface area contributed by atoms with Gasteiger partial charge in [0.2, 0.25) is 0 Å². The molecule has 0 aliphatic carbocycles. The van der Waals surface area contributed by atoms with E-state index in [2.05, 4.69) is 68.2 Å². The molecule has 1 N–H and O–H groups in total. The Morgan fingerprint density at radius 3 is 2.57 bits per heavy atom. The molecule has 3 nitrogen and oxygen atoms in total. The van der Waals surface area contributed by atoms with Crippen LogP contribution in [0.3, 0.4) is 0 Å².